The van der Waals surface area contributed by atoms with Crippen molar-refractivity contribution in [3.63, 3.8) is 0 Å². The number of hydrogen-bond donors (Lipinski definition) is 0. The van der Waals surface area contributed by atoms with Crippen molar-refractivity contribution in [1.29, 1.82) is 0 Å². The highest BCUT2D eigenvalue weighted by molar-refractivity contribution is 5.83. The average molecular weight is 357 g/mol. The fourth-order valence-electron chi connectivity index (χ4n) is 3.41. The molecule has 2 aromatic rings. The van der Waals surface area contributed by atoms with Gasteiger partial charge in [-0.1, -0.05) is 35.0 Å². The number of likely N-dealkylation sites (N-methyl/N-ethyl adjacent to an activating group) is 1. The third kappa shape index (κ3) is 4.28. The van der Waals surface area contributed by atoms with E-state index in [1.54, 1.807) is 6.92 Å². The lowest BCUT2D eigenvalue weighted by atomic mass is 10.0. The molecular weight excluding hydrogens is 330 g/mol. The quantitative estimate of drug-likeness (QED) is 0.810. The van der Waals surface area contributed by atoms with Gasteiger partial charge in [0.25, 0.3) is 0 Å². The highest BCUT2D eigenvalue weighted by atomic mass is 16.5. The number of rotatable bonds is 5. The number of benzene rings is 1. The van der Waals surface area contributed by atoms with E-state index >= 15 is 0 Å². The van der Waals surface area contributed by atoms with Crippen molar-refractivity contribution in [2.24, 2.45) is 0 Å². The molecule has 0 N–H and O–H groups in total. The van der Waals surface area contributed by atoms with Gasteiger partial charge in [0, 0.05) is 33.1 Å². The minimum atomic E-state index is -0.249. The summed E-state index contributed by atoms with van der Waals surface area (Å²) in [5, 5.41) is 3.95. The Hall–Kier alpha value is -2.25. The van der Waals surface area contributed by atoms with Crippen LogP contribution in [0.4, 0.5) is 0 Å². The molecule has 1 saturated heterocycles. The molecule has 1 atom stereocenters. The minimum Gasteiger partial charge on any atom is -0.340 e. The fraction of sp³-hybridized carbons (Fsp3) is 0.526. The van der Waals surface area contributed by atoms with Gasteiger partial charge in [0.2, 0.25) is 11.8 Å². The summed E-state index contributed by atoms with van der Waals surface area (Å²) in [5.74, 6) is 1.45. The lowest BCUT2D eigenvalue weighted by Crippen LogP contribution is -2.51. The predicted molar refractivity (Wildman–Crippen MR) is 98.5 cm³/mol. The monoisotopic (exact) mass is 357 g/mol. The summed E-state index contributed by atoms with van der Waals surface area (Å²) in [6.45, 7) is 7.56. The lowest BCUT2D eigenvalue weighted by Gasteiger charge is -2.37. The molecule has 2 heterocycles. The summed E-state index contributed by atoms with van der Waals surface area (Å²) in [7, 11) is 3.92. The second-order valence-corrected chi connectivity index (χ2v) is 7.11. The first-order valence-electron chi connectivity index (χ1n) is 8.97. The molecule has 1 amide bonds. The number of nitrogens with zero attached hydrogens (tertiary/aromatic N) is 5. The van der Waals surface area contributed by atoms with E-state index in [4.69, 9.17) is 4.52 Å². The number of aromatic nitrogens is 2. The van der Waals surface area contributed by atoms with Crippen LogP contribution in [-0.4, -0.2) is 71.0 Å². The molecule has 1 aromatic carbocycles. The minimum absolute atomic E-state index is 0.163. The molecule has 0 spiro atoms. The van der Waals surface area contributed by atoms with Crippen molar-refractivity contribution < 1.29 is 9.32 Å². The molecule has 3 rings (SSSR count). The number of aryl methyl sites for hydroxylation is 2. The van der Waals surface area contributed by atoms with E-state index in [1.165, 1.54) is 5.56 Å². The number of carbonyl (C=O) groups is 1. The van der Waals surface area contributed by atoms with E-state index in [1.807, 2.05) is 36.0 Å². The van der Waals surface area contributed by atoms with Crippen LogP contribution in [0.15, 0.2) is 28.8 Å². The molecule has 0 saturated carbocycles. The molecule has 140 valence electrons. The van der Waals surface area contributed by atoms with Crippen LogP contribution in [0.1, 0.15) is 28.9 Å². The molecule has 1 fully saturated rings. The predicted octanol–water partition coefficient (Wildman–Crippen LogP) is 1.63. The first-order chi connectivity index (χ1) is 12.4. The third-order valence-corrected chi connectivity index (χ3v) is 4.73. The van der Waals surface area contributed by atoms with Crippen LogP contribution in [0, 0.1) is 13.8 Å². The van der Waals surface area contributed by atoms with Crippen LogP contribution in [0.25, 0.3) is 0 Å². The summed E-state index contributed by atoms with van der Waals surface area (Å²) in [6.07, 6.45) is 0. The van der Waals surface area contributed by atoms with Crippen molar-refractivity contribution in [3.8, 4) is 0 Å². The van der Waals surface area contributed by atoms with Gasteiger partial charge in [-0.2, -0.15) is 4.98 Å². The van der Waals surface area contributed by atoms with Crippen LogP contribution in [-0.2, 0) is 11.3 Å². The first kappa shape index (κ1) is 18.5. The molecule has 26 heavy (non-hydrogen) atoms. The van der Waals surface area contributed by atoms with Gasteiger partial charge in [0.05, 0.1) is 6.54 Å². The largest absolute Gasteiger partial charge is 0.340 e. The topological polar surface area (TPSA) is 65.7 Å². The molecular formula is C19H27N5O2. The van der Waals surface area contributed by atoms with Crippen molar-refractivity contribution in [2.75, 3.05) is 40.3 Å². The Kier molecular flexibility index (Phi) is 5.68. The standard InChI is InChI=1S/C19H27N5O2/c1-14-6-5-7-16(12-14)18(22(3)4)19(25)24-10-8-23(9-11-24)13-17-20-15(2)26-21-17/h5-7,12,18H,8-11,13H2,1-4H3. The molecule has 1 aromatic heterocycles. The third-order valence-electron chi connectivity index (χ3n) is 4.73. The zero-order valence-corrected chi connectivity index (χ0v) is 16.0. The zero-order chi connectivity index (χ0) is 18.7. The molecule has 1 unspecified atom stereocenters. The maximum absolute atomic E-state index is 13.1. The van der Waals surface area contributed by atoms with Gasteiger partial charge in [-0.15, -0.1) is 0 Å². The van der Waals surface area contributed by atoms with Crippen molar-refractivity contribution >= 4 is 5.91 Å². The van der Waals surface area contributed by atoms with Gasteiger partial charge in [-0.25, -0.2) is 0 Å². The maximum atomic E-state index is 13.1. The Morgan fingerprint density at radius 3 is 2.54 bits per heavy atom. The van der Waals surface area contributed by atoms with E-state index in [0.717, 1.165) is 18.7 Å². The number of carbonyl (C=O) groups excluding carboxylic acids is 1. The van der Waals surface area contributed by atoms with Crippen LogP contribution >= 0.6 is 0 Å². The molecule has 1 aliphatic rings. The molecule has 0 bridgehead atoms. The molecule has 0 aliphatic carbocycles. The molecule has 7 nitrogen and oxygen atoms in total. The van der Waals surface area contributed by atoms with Gasteiger partial charge in [-0.3, -0.25) is 14.6 Å². The number of amides is 1. The van der Waals surface area contributed by atoms with Crippen LogP contribution in [0.3, 0.4) is 0 Å². The van der Waals surface area contributed by atoms with Crippen molar-refractivity contribution in [1.82, 2.24) is 24.8 Å². The fourth-order valence-corrected chi connectivity index (χ4v) is 3.41. The normalized spacial score (nSPS) is 16.9. The highest BCUT2D eigenvalue weighted by Gasteiger charge is 2.30. The van der Waals surface area contributed by atoms with Gasteiger partial charge >= 0.3 is 0 Å². The van der Waals surface area contributed by atoms with E-state index in [-0.39, 0.29) is 11.9 Å². The van der Waals surface area contributed by atoms with E-state index in [0.29, 0.717) is 31.3 Å². The summed E-state index contributed by atoms with van der Waals surface area (Å²) >= 11 is 0. The molecule has 1 aliphatic heterocycles. The zero-order valence-electron chi connectivity index (χ0n) is 16.0. The van der Waals surface area contributed by atoms with E-state index < -0.39 is 0 Å². The lowest BCUT2D eigenvalue weighted by molar-refractivity contribution is -0.138. The summed E-state index contributed by atoms with van der Waals surface area (Å²) in [4.78, 5) is 23.6. The van der Waals surface area contributed by atoms with Gasteiger partial charge in [0.1, 0.15) is 6.04 Å². The summed E-state index contributed by atoms with van der Waals surface area (Å²) in [5.41, 5.74) is 2.21. The van der Waals surface area contributed by atoms with Crippen LogP contribution in [0.5, 0.6) is 0 Å². The van der Waals surface area contributed by atoms with Crippen LogP contribution in [0.2, 0.25) is 0 Å². The number of piperazine rings is 1. The van der Waals surface area contributed by atoms with Crippen molar-refractivity contribution in [2.45, 2.75) is 26.4 Å². The molecule has 0 radical (unpaired) electrons. The SMILES string of the molecule is Cc1cccc(C(C(=O)N2CCN(Cc3noc(C)n3)CC2)N(C)C)c1. The Morgan fingerprint density at radius 2 is 1.96 bits per heavy atom. The van der Waals surface area contributed by atoms with E-state index in [2.05, 4.69) is 34.1 Å². The average Bonchev–Trinajstić information content (AvgIpc) is 3.00. The Bertz CT molecular complexity index is 750. The van der Waals surface area contributed by atoms with Gasteiger partial charge in [0.15, 0.2) is 5.82 Å². The van der Waals surface area contributed by atoms with Gasteiger partial charge < -0.3 is 9.42 Å². The molecule has 7 heteroatoms. The van der Waals surface area contributed by atoms with Crippen LogP contribution < -0.4 is 0 Å². The maximum Gasteiger partial charge on any atom is 0.244 e. The first-order valence-corrected chi connectivity index (χ1v) is 8.97. The van der Waals surface area contributed by atoms with E-state index in [9.17, 15) is 4.79 Å². The summed E-state index contributed by atoms with van der Waals surface area (Å²) < 4.78 is 5.02. The second kappa shape index (κ2) is 7.97. The second-order valence-electron chi connectivity index (χ2n) is 7.11. The van der Waals surface area contributed by atoms with Crippen molar-refractivity contribution in [3.05, 3.63) is 47.1 Å². The smallest absolute Gasteiger partial charge is 0.244 e. The Morgan fingerprint density at radius 1 is 1.23 bits per heavy atom. The summed E-state index contributed by atoms with van der Waals surface area (Å²) in [6, 6.07) is 7.95. The number of hydrogen-bond acceptors (Lipinski definition) is 6. The Labute approximate surface area is 154 Å². The van der Waals surface area contributed by atoms with Gasteiger partial charge in [-0.05, 0) is 26.6 Å². The Balaban J connectivity index is 1.62. The highest BCUT2D eigenvalue weighted by Crippen LogP contribution is 2.23.